The SMILES string of the molecule is NC(=O)N[C@H](CC(=O)N1CCN(C(=O)c2cccs2)CC1)c1cccc(Oc2ccccc2)c1. The highest BCUT2D eigenvalue weighted by Crippen LogP contribution is 2.26. The Morgan fingerprint density at radius 1 is 0.912 bits per heavy atom. The van der Waals surface area contributed by atoms with Crippen LogP contribution in [0.5, 0.6) is 11.5 Å². The first-order valence-electron chi connectivity index (χ1n) is 11.0. The van der Waals surface area contributed by atoms with Crippen LogP contribution in [0.15, 0.2) is 72.1 Å². The van der Waals surface area contributed by atoms with Crippen molar-refractivity contribution in [2.75, 3.05) is 26.2 Å². The van der Waals surface area contributed by atoms with Gasteiger partial charge in [-0.15, -0.1) is 11.3 Å². The van der Waals surface area contributed by atoms with Gasteiger partial charge in [0.1, 0.15) is 11.5 Å². The third kappa shape index (κ3) is 5.93. The monoisotopic (exact) mass is 478 g/mol. The summed E-state index contributed by atoms with van der Waals surface area (Å²) in [6.45, 7) is 1.82. The Bertz CT molecular complexity index is 1130. The normalized spacial score (nSPS) is 14.4. The second-order valence-corrected chi connectivity index (χ2v) is 8.85. The quantitative estimate of drug-likeness (QED) is 0.541. The molecule has 2 heterocycles. The van der Waals surface area contributed by atoms with Crippen LogP contribution in [0.1, 0.15) is 27.7 Å². The van der Waals surface area contributed by atoms with Crippen molar-refractivity contribution >= 4 is 29.2 Å². The van der Waals surface area contributed by atoms with Crippen LogP contribution in [-0.4, -0.2) is 53.8 Å². The molecule has 176 valence electrons. The number of hydrogen-bond acceptors (Lipinski definition) is 5. The number of carbonyl (C=O) groups is 3. The molecule has 1 aliphatic rings. The van der Waals surface area contributed by atoms with Gasteiger partial charge in [0.2, 0.25) is 5.91 Å². The highest BCUT2D eigenvalue weighted by atomic mass is 32.1. The van der Waals surface area contributed by atoms with E-state index < -0.39 is 12.1 Å². The zero-order chi connectivity index (χ0) is 23.9. The molecular formula is C25H26N4O4S. The molecule has 0 spiro atoms. The fourth-order valence-corrected chi connectivity index (χ4v) is 4.55. The van der Waals surface area contributed by atoms with Crippen molar-refractivity contribution in [3.63, 3.8) is 0 Å². The minimum Gasteiger partial charge on any atom is -0.457 e. The average Bonchev–Trinajstić information content (AvgIpc) is 3.39. The zero-order valence-electron chi connectivity index (χ0n) is 18.6. The summed E-state index contributed by atoms with van der Waals surface area (Å²) < 4.78 is 5.88. The number of nitrogens with zero attached hydrogens (tertiary/aromatic N) is 2. The summed E-state index contributed by atoms with van der Waals surface area (Å²) in [6.07, 6.45) is 0.0522. The molecule has 0 saturated carbocycles. The largest absolute Gasteiger partial charge is 0.457 e. The van der Waals surface area contributed by atoms with Gasteiger partial charge in [-0.3, -0.25) is 9.59 Å². The number of benzene rings is 2. The van der Waals surface area contributed by atoms with E-state index in [1.165, 1.54) is 11.3 Å². The second kappa shape index (κ2) is 10.8. The van der Waals surface area contributed by atoms with E-state index in [0.29, 0.717) is 48.1 Å². The molecule has 2 aromatic carbocycles. The summed E-state index contributed by atoms with van der Waals surface area (Å²) in [5.41, 5.74) is 6.11. The Balaban J connectivity index is 1.40. The number of rotatable bonds is 7. The summed E-state index contributed by atoms with van der Waals surface area (Å²) in [5.74, 6) is 1.15. The predicted octanol–water partition coefficient (Wildman–Crippen LogP) is 3.62. The number of nitrogens with one attached hydrogen (secondary N) is 1. The van der Waals surface area contributed by atoms with E-state index in [1.54, 1.807) is 21.9 Å². The predicted molar refractivity (Wildman–Crippen MR) is 130 cm³/mol. The van der Waals surface area contributed by atoms with Crippen molar-refractivity contribution in [1.82, 2.24) is 15.1 Å². The summed E-state index contributed by atoms with van der Waals surface area (Å²) in [6, 6.07) is 18.9. The lowest BCUT2D eigenvalue weighted by atomic mass is 10.0. The molecule has 0 radical (unpaired) electrons. The third-order valence-corrected chi connectivity index (χ3v) is 6.44. The van der Waals surface area contributed by atoms with Gasteiger partial charge >= 0.3 is 6.03 Å². The first kappa shape index (κ1) is 23.3. The number of amides is 4. The van der Waals surface area contributed by atoms with Crippen LogP contribution in [0.2, 0.25) is 0 Å². The number of piperazine rings is 1. The summed E-state index contributed by atoms with van der Waals surface area (Å²) >= 11 is 1.41. The minimum absolute atomic E-state index is 0.00870. The van der Waals surface area contributed by atoms with Crippen LogP contribution in [0.3, 0.4) is 0 Å². The van der Waals surface area contributed by atoms with Gasteiger partial charge in [0, 0.05) is 26.2 Å². The lowest BCUT2D eigenvalue weighted by Gasteiger charge is -2.35. The molecule has 9 heteroatoms. The molecule has 4 amide bonds. The number of hydrogen-bond donors (Lipinski definition) is 2. The van der Waals surface area contributed by atoms with Gasteiger partial charge in [0.05, 0.1) is 17.3 Å². The van der Waals surface area contributed by atoms with Gasteiger partial charge in [0.15, 0.2) is 0 Å². The fraction of sp³-hybridized carbons (Fsp3) is 0.240. The number of thiophene rings is 1. The van der Waals surface area contributed by atoms with Crippen LogP contribution in [0.4, 0.5) is 4.79 Å². The molecule has 34 heavy (non-hydrogen) atoms. The molecule has 0 bridgehead atoms. The van der Waals surface area contributed by atoms with Crippen LogP contribution in [0, 0.1) is 0 Å². The molecular weight excluding hydrogens is 452 g/mol. The van der Waals surface area contributed by atoms with Crippen LogP contribution >= 0.6 is 11.3 Å². The molecule has 1 aromatic heterocycles. The molecule has 0 unspecified atom stereocenters. The van der Waals surface area contributed by atoms with E-state index in [2.05, 4.69) is 5.32 Å². The molecule has 1 fully saturated rings. The van der Waals surface area contributed by atoms with Crippen molar-refractivity contribution in [2.45, 2.75) is 12.5 Å². The molecule has 3 aromatic rings. The molecule has 1 aliphatic heterocycles. The van der Waals surface area contributed by atoms with Gasteiger partial charge in [-0.1, -0.05) is 36.4 Å². The Hall–Kier alpha value is -3.85. The molecule has 1 saturated heterocycles. The second-order valence-electron chi connectivity index (χ2n) is 7.90. The maximum Gasteiger partial charge on any atom is 0.312 e. The molecule has 1 atom stereocenters. The molecule has 3 N–H and O–H groups in total. The molecule has 4 rings (SSSR count). The van der Waals surface area contributed by atoms with Crippen LogP contribution in [0.25, 0.3) is 0 Å². The van der Waals surface area contributed by atoms with E-state index in [9.17, 15) is 14.4 Å². The van der Waals surface area contributed by atoms with E-state index in [1.807, 2.05) is 60.0 Å². The standard InChI is InChI=1S/C25H26N4O4S/c26-25(32)27-21(18-6-4-9-20(16-18)33-19-7-2-1-3-8-19)17-23(30)28-11-13-29(14-12-28)24(31)22-10-5-15-34-22/h1-10,15-16,21H,11-14,17H2,(H3,26,27,32)/t21-/m1/s1. The maximum atomic E-state index is 13.0. The van der Waals surface area contributed by atoms with Crippen molar-refractivity contribution < 1.29 is 19.1 Å². The number of urea groups is 1. The highest BCUT2D eigenvalue weighted by Gasteiger charge is 2.27. The Kier molecular flexibility index (Phi) is 7.44. The van der Waals surface area contributed by atoms with E-state index in [-0.39, 0.29) is 18.2 Å². The van der Waals surface area contributed by atoms with Crippen molar-refractivity contribution in [3.8, 4) is 11.5 Å². The molecule has 8 nitrogen and oxygen atoms in total. The van der Waals surface area contributed by atoms with Gasteiger partial charge in [-0.2, -0.15) is 0 Å². The first-order valence-corrected chi connectivity index (χ1v) is 11.9. The minimum atomic E-state index is -0.710. The summed E-state index contributed by atoms with van der Waals surface area (Å²) in [7, 11) is 0. The maximum absolute atomic E-state index is 13.0. The lowest BCUT2D eigenvalue weighted by Crippen LogP contribution is -2.51. The topological polar surface area (TPSA) is 105 Å². The van der Waals surface area contributed by atoms with Gasteiger partial charge in [0.25, 0.3) is 5.91 Å². The van der Waals surface area contributed by atoms with Gasteiger partial charge in [-0.25, -0.2) is 4.79 Å². The number of primary amides is 1. The third-order valence-electron chi connectivity index (χ3n) is 5.59. The fourth-order valence-electron chi connectivity index (χ4n) is 3.86. The van der Waals surface area contributed by atoms with E-state index in [4.69, 9.17) is 10.5 Å². The van der Waals surface area contributed by atoms with Crippen molar-refractivity contribution in [2.24, 2.45) is 5.73 Å². The number of ether oxygens (including phenoxy) is 1. The Morgan fingerprint density at radius 2 is 1.62 bits per heavy atom. The van der Waals surface area contributed by atoms with E-state index >= 15 is 0 Å². The average molecular weight is 479 g/mol. The van der Waals surface area contributed by atoms with Crippen LogP contribution in [-0.2, 0) is 4.79 Å². The van der Waals surface area contributed by atoms with E-state index in [0.717, 1.165) is 0 Å². The lowest BCUT2D eigenvalue weighted by molar-refractivity contribution is -0.133. The van der Waals surface area contributed by atoms with Gasteiger partial charge < -0.3 is 25.6 Å². The molecule has 0 aliphatic carbocycles. The first-order chi connectivity index (χ1) is 16.5. The van der Waals surface area contributed by atoms with Crippen molar-refractivity contribution in [3.05, 3.63) is 82.6 Å². The Morgan fingerprint density at radius 3 is 2.29 bits per heavy atom. The number of carbonyl (C=O) groups excluding carboxylic acids is 3. The van der Waals surface area contributed by atoms with Gasteiger partial charge in [-0.05, 0) is 41.3 Å². The van der Waals surface area contributed by atoms with Crippen molar-refractivity contribution in [1.29, 1.82) is 0 Å². The Labute approximate surface area is 201 Å². The number of nitrogens with two attached hydrogens (primary N) is 1. The zero-order valence-corrected chi connectivity index (χ0v) is 19.4. The summed E-state index contributed by atoms with van der Waals surface area (Å²) in [5, 5.41) is 4.55. The van der Waals surface area contributed by atoms with Crippen LogP contribution < -0.4 is 15.8 Å². The highest BCUT2D eigenvalue weighted by molar-refractivity contribution is 7.12. The smallest absolute Gasteiger partial charge is 0.312 e. The number of para-hydroxylation sites is 1. The summed E-state index contributed by atoms with van der Waals surface area (Å²) in [4.78, 5) is 41.4.